The number of aliphatic carboxylic acids is 1. The van der Waals surface area contributed by atoms with Gasteiger partial charge in [0, 0.05) is 24.0 Å². The fraction of sp³-hybridized carbons (Fsp3) is 0.583. The second-order valence-corrected chi connectivity index (χ2v) is 5.72. The van der Waals surface area contributed by atoms with E-state index >= 15 is 0 Å². The van der Waals surface area contributed by atoms with E-state index in [9.17, 15) is 9.59 Å². The number of carboxylic acid groups (broad SMARTS) is 1. The number of carboxylic acids is 1. The van der Waals surface area contributed by atoms with Gasteiger partial charge in [0.2, 0.25) is 0 Å². The summed E-state index contributed by atoms with van der Waals surface area (Å²) in [6.45, 7) is 4.43. The average molecular weight is 285 g/mol. The number of carbonyl (C=O) groups excluding carboxylic acids is 1. The maximum Gasteiger partial charge on any atom is 0.321 e. The van der Waals surface area contributed by atoms with Gasteiger partial charge in [-0.25, -0.2) is 9.78 Å². The Balaban J connectivity index is 2.15. The van der Waals surface area contributed by atoms with Crippen LogP contribution in [0.2, 0.25) is 0 Å². The number of anilines is 1. The number of hydrogen-bond acceptors (Lipinski definition) is 4. The highest BCUT2D eigenvalue weighted by molar-refractivity contribution is 7.15. The number of amides is 2. The fourth-order valence-corrected chi connectivity index (χ4v) is 2.16. The summed E-state index contributed by atoms with van der Waals surface area (Å²) in [5.41, 5.74) is 0. The second kappa shape index (κ2) is 7.73. The summed E-state index contributed by atoms with van der Waals surface area (Å²) in [6, 6.07) is -0.278. The Morgan fingerprint density at radius 2 is 2.21 bits per heavy atom. The zero-order valence-electron chi connectivity index (χ0n) is 11.1. The lowest BCUT2D eigenvalue weighted by Gasteiger charge is -2.10. The predicted octanol–water partition coefficient (Wildman–Crippen LogP) is 2.46. The standard InChI is InChI=1S/C12H19N3O3S/c1-8(3-4-10(16)17)5-6-13-11(18)15-12-14-7-9(2)19-12/h7-8H,3-6H2,1-2H3,(H,16,17)(H2,13,14,15,18). The van der Waals surface area contributed by atoms with Crippen LogP contribution < -0.4 is 10.6 Å². The Hall–Kier alpha value is -1.63. The Morgan fingerprint density at radius 1 is 1.47 bits per heavy atom. The fourth-order valence-electron chi connectivity index (χ4n) is 1.50. The van der Waals surface area contributed by atoms with Gasteiger partial charge in [-0.2, -0.15) is 0 Å². The summed E-state index contributed by atoms with van der Waals surface area (Å²) in [4.78, 5) is 27.0. The van der Waals surface area contributed by atoms with Crippen LogP contribution >= 0.6 is 11.3 Å². The highest BCUT2D eigenvalue weighted by Crippen LogP contribution is 2.16. The molecule has 106 valence electrons. The lowest BCUT2D eigenvalue weighted by atomic mass is 10.0. The number of rotatable bonds is 7. The van der Waals surface area contributed by atoms with Crippen molar-refractivity contribution in [2.75, 3.05) is 11.9 Å². The van der Waals surface area contributed by atoms with E-state index in [0.717, 1.165) is 11.3 Å². The molecule has 1 aromatic heterocycles. The molecule has 0 saturated carbocycles. The van der Waals surface area contributed by atoms with Crippen molar-refractivity contribution in [3.8, 4) is 0 Å². The molecule has 0 bridgehead atoms. The van der Waals surface area contributed by atoms with Gasteiger partial charge in [0.05, 0.1) is 0 Å². The Labute approximate surface area is 116 Å². The van der Waals surface area contributed by atoms with Crippen LogP contribution in [0.25, 0.3) is 0 Å². The minimum Gasteiger partial charge on any atom is -0.481 e. The van der Waals surface area contributed by atoms with Gasteiger partial charge < -0.3 is 10.4 Å². The molecule has 0 spiro atoms. The highest BCUT2D eigenvalue weighted by atomic mass is 32.1. The third kappa shape index (κ3) is 6.76. The van der Waals surface area contributed by atoms with E-state index in [1.807, 2.05) is 13.8 Å². The van der Waals surface area contributed by atoms with E-state index in [4.69, 9.17) is 5.11 Å². The van der Waals surface area contributed by atoms with Crippen molar-refractivity contribution in [2.45, 2.75) is 33.1 Å². The third-order valence-electron chi connectivity index (χ3n) is 2.62. The van der Waals surface area contributed by atoms with Gasteiger partial charge in [-0.05, 0) is 25.7 Å². The van der Waals surface area contributed by atoms with Gasteiger partial charge in [0.25, 0.3) is 0 Å². The van der Waals surface area contributed by atoms with Crippen LogP contribution in [0.4, 0.5) is 9.93 Å². The summed E-state index contributed by atoms with van der Waals surface area (Å²) in [5, 5.41) is 14.5. The molecule has 1 aromatic rings. The zero-order chi connectivity index (χ0) is 14.3. The highest BCUT2D eigenvalue weighted by Gasteiger charge is 2.07. The van der Waals surface area contributed by atoms with Gasteiger partial charge in [-0.15, -0.1) is 11.3 Å². The van der Waals surface area contributed by atoms with E-state index in [1.54, 1.807) is 6.20 Å². The molecule has 0 radical (unpaired) electrons. The quantitative estimate of drug-likeness (QED) is 0.717. The number of nitrogens with one attached hydrogen (secondary N) is 2. The smallest absolute Gasteiger partial charge is 0.321 e. The molecule has 0 aliphatic heterocycles. The normalized spacial score (nSPS) is 11.9. The summed E-state index contributed by atoms with van der Waals surface area (Å²) in [5.74, 6) is -0.504. The predicted molar refractivity (Wildman–Crippen MR) is 74.5 cm³/mol. The summed E-state index contributed by atoms with van der Waals surface area (Å²) in [7, 11) is 0. The molecular formula is C12H19N3O3S. The van der Waals surface area contributed by atoms with Crippen LogP contribution in [-0.2, 0) is 4.79 Å². The summed E-state index contributed by atoms with van der Waals surface area (Å²) >= 11 is 1.42. The molecule has 19 heavy (non-hydrogen) atoms. The first kappa shape index (κ1) is 15.4. The van der Waals surface area contributed by atoms with Crippen molar-refractivity contribution in [1.29, 1.82) is 0 Å². The van der Waals surface area contributed by atoms with Crippen molar-refractivity contribution < 1.29 is 14.7 Å². The molecule has 1 rings (SSSR count). The zero-order valence-corrected chi connectivity index (χ0v) is 11.9. The monoisotopic (exact) mass is 285 g/mol. The number of urea groups is 1. The van der Waals surface area contributed by atoms with E-state index in [1.165, 1.54) is 11.3 Å². The number of thiazole rings is 1. The van der Waals surface area contributed by atoms with Crippen molar-refractivity contribution in [3.63, 3.8) is 0 Å². The number of aryl methyl sites for hydroxylation is 1. The SMILES string of the molecule is Cc1cnc(NC(=O)NCCC(C)CCC(=O)O)s1. The molecular weight excluding hydrogens is 266 g/mol. The van der Waals surface area contributed by atoms with E-state index < -0.39 is 5.97 Å². The molecule has 0 aromatic carbocycles. The average Bonchev–Trinajstić information content (AvgIpc) is 2.72. The number of hydrogen-bond donors (Lipinski definition) is 3. The Bertz CT molecular complexity index is 434. The third-order valence-corrected chi connectivity index (χ3v) is 3.44. The van der Waals surface area contributed by atoms with E-state index in [2.05, 4.69) is 15.6 Å². The number of nitrogens with zero attached hydrogens (tertiary/aromatic N) is 1. The molecule has 1 atom stereocenters. The van der Waals surface area contributed by atoms with Crippen molar-refractivity contribution >= 4 is 28.5 Å². The van der Waals surface area contributed by atoms with Gasteiger partial charge >= 0.3 is 12.0 Å². The largest absolute Gasteiger partial charge is 0.481 e. The van der Waals surface area contributed by atoms with Crippen LogP contribution in [0.15, 0.2) is 6.20 Å². The molecule has 0 fully saturated rings. The van der Waals surface area contributed by atoms with Crippen molar-refractivity contribution in [3.05, 3.63) is 11.1 Å². The molecule has 0 saturated heterocycles. The minimum absolute atomic E-state index is 0.172. The molecule has 0 aliphatic carbocycles. The van der Waals surface area contributed by atoms with Crippen LogP contribution in [0.5, 0.6) is 0 Å². The van der Waals surface area contributed by atoms with Crippen molar-refractivity contribution in [2.24, 2.45) is 5.92 Å². The second-order valence-electron chi connectivity index (χ2n) is 4.48. The maximum absolute atomic E-state index is 11.5. The lowest BCUT2D eigenvalue weighted by Crippen LogP contribution is -2.30. The van der Waals surface area contributed by atoms with Gasteiger partial charge in [-0.3, -0.25) is 10.1 Å². The first-order valence-electron chi connectivity index (χ1n) is 6.16. The maximum atomic E-state index is 11.5. The van der Waals surface area contributed by atoms with Gasteiger partial charge in [-0.1, -0.05) is 6.92 Å². The number of carbonyl (C=O) groups is 2. The first-order chi connectivity index (χ1) is 8.97. The molecule has 2 amide bonds. The molecule has 0 aliphatic rings. The molecule has 1 unspecified atom stereocenters. The van der Waals surface area contributed by atoms with Crippen LogP contribution in [0.1, 0.15) is 31.1 Å². The Kier molecular flexibility index (Phi) is 6.27. The molecule has 1 heterocycles. The van der Waals surface area contributed by atoms with Gasteiger partial charge in [0.1, 0.15) is 0 Å². The van der Waals surface area contributed by atoms with Crippen LogP contribution in [0, 0.1) is 12.8 Å². The lowest BCUT2D eigenvalue weighted by molar-refractivity contribution is -0.137. The first-order valence-corrected chi connectivity index (χ1v) is 6.98. The molecule has 7 heteroatoms. The molecule has 6 nitrogen and oxygen atoms in total. The number of aromatic nitrogens is 1. The Morgan fingerprint density at radius 3 is 2.79 bits per heavy atom. The van der Waals surface area contributed by atoms with Crippen LogP contribution in [0.3, 0.4) is 0 Å². The molecule has 3 N–H and O–H groups in total. The minimum atomic E-state index is -0.781. The van der Waals surface area contributed by atoms with E-state index in [-0.39, 0.29) is 18.4 Å². The summed E-state index contributed by atoms with van der Waals surface area (Å²) < 4.78 is 0. The summed E-state index contributed by atoms with van der Waals surface area (Å²) in [6.07, 6.45) is 3.27. The van der Waals surface area contributed by atoms with Gasteiger partial charge in [0.15, 0.2) is 5.13 Å². The van der Waals surface area contributed by atoms with E-state index in [0.29, 0.717) is 18.1 Å². The van der Waals surface area contributed by atoms with Crippen LogP contribution in [-0.4, -0.2) is 28.6 Å². The topological polar surface area (TPSA) is 91.3 Å². The van der Waals surface area contributed by atoms with Crippen molar-refractivity contribution in [1.82, 2.24) is 10.3 Å².